The van der Waals surface area contributed by atoms with Gasteiger partial charge in [-0.2, -0.15) is 0 Å². The number of rotatable bonds is 6. The summed E-state index contributed by atoms with van der Waals surface area (Å²) in [5, 5.41) is 0. The van der Waals surface area contributed by atoms with Gasteiger partial charge in [-0.3, -0.25) is 0 Å². The summed E-state index contributed by atoms with van der Waals surface area (Å²) in [7, 11) is 0. The van der Waals surface area contributed by atoms with E-state index < -0.39 is 0 Å². The van der Waals surface area contributed by atoms with E-state index >= 15 is 0 Å². The molecule has 0 N–H and O–H groups in total. The summed E-state index contributed by atoms with van der Waals surface area (Å²) in [5.41, 5.74) is 5.60. The molecule has 0 nitrogen and oxygen atoms in total. The first-order chi connectivity index (χ1) is 7.47. The van der Waals surface area contributed by atoms with Crippen molar-refractivity contribution in [1.82, 2.24) is 0 Å². The summed E-state index contributed by atoms with van der Waals surface area (Å²) < 4.78 is 0. The Hall–Kier alpha value is -1.04. The van der Waals surface area contributed by atoms with Gasteiger partial charge in [0, 0.05) is 0 Å². The van der Waals surface area contributed by atoms with E-state index in [0.717, 1.165) is 12.8 Å². The van der Waals surface area contributed by atoms with Gasteiger partial charge in [-0.05, 0) is 53.9 Å². The minimum Gasteiger partial charge on any atom is -0.0988 e. The highest BCUT2D eigenvalue weighted by molar-refractivity contribution is 5.23. The summed E-state index contributed by atoms with van der Waals surface area (Å²) in [6.45, 7) is 14.6. The van der Waals surface area contributed by atoms with Crippen LogP contribution < -0.4 is 0 Å². The monoisotopic (exact) mass is 218 g/mol. The lowest BCUT2D eigenvalue weighted by Crippen LogP contribution is -1.82. The molecule has 0 aliphatic rings. The van der Waals surface area contributed by atoms with Crippen LogP contribution in [0.4, 0.5) is 0 Å². The highest BCUT2D eigenvalue weighted by Crippen LogP contribution is 2.13. The zero-order valence-electron chi connectivity index (χ0n) is 11.6. The van der Waals surface area contributed by atoms with Crippen molar-refractivity contribution in [2.75, 3.05) is 0 Å². The Bertz CT molecular complexity index is 307. The number of allylic oxidation sites excluding steroid dienone is 7. The van der Waals surface area contributed by atoms with E-state index in [1.807, 2.05) is 6.08 Å². The summed E-state index contributed by atoms with van der Waals surface area (Å²) in [4.78, 5) is 0. The van der Waals surface area contributed by atoms with Crippen molar-refractivity contribution in [1.29, 1.82) is 0 Å². The van der Waals surface area contributed by atoms with E-state index in [1.54, 1.807) is 0 Å². The first-order valence-corrected chi connectivity index (χ1v) is 6.05. The van der Waals surface area contributed by atoms with Crippen LogP contribution >= 0.6 is 0 Å². The van der Waals surface area contributed by atoms with Crippen molar-refractivity contribution < 1.29 is 0 Å². The van der Waals surface area contributed by atoms with Gasteiger partial charge < -0.3 is 0 Å². The molecule has 0 saturated carbocycles. The molecule has 0 bridgehead atoms. The zero-order valence-corrected chi connectivity index (χ0v) is 11.6. The predicted molar refractivity (Wildman–Crippen MR) is 75.6 cm³/mol. The topological polar surface area (TPSA) is 0 Å². The van der Waals surface area contributed by atoms with Crippen molar-refractivity contribution in [3.05, 3.63) is 47.1 Å². The molecule has 90 valence electrons. The van der Waals surface area contributed by atoms with E-state index in [-0.39, 0.29) is 0 Å². The molecule has 0 spiro atoms. The SMILES string of the molecule is C=C/C(C)=C(/C)C/C=C(\C)CCC=C(C)C. The second-order valence-corrected chi connectivity index (χ2v) is 4.74. The Kier molecular flexibility index (Phi) is 7.62. The van der Waals surface area contributed by atoms with E-state index in [2.05, 4.69) is 53.3 Å². The van der Waals surface area contributed by atoms with Crippen molar-refractivity contribution in [3.63, 3.8) is 0 Å². The fraction of sp³-hybridized carbons (Fsp3) is 0.500. The third-order valence-corrected chi connectivity index (χ3v) is 2.83. The maximum Gasteiger partial charge on any atom is -0.0133 e. The molecule has 0 heteroatoms. The third kappa shape index (κ3) is 7.28. The highest BCUT2D eigenvalue weighted by Gasteiger charge is 1.93. The fourth-order valence-electron chi connectivity index (χ4n) is 1.35. The normalized spacial score (nSPS) is 13.2. The summed E-state index contributed by atoms with van der Waals surface area (Å²) in [6, 6.07) is 0. The Morgan fingerprint density at radius 3 is 2.12 bits per heavy atom. The summed E-state index contributed by atoms with van der Waals surface area (Å²) >= 11 is 0. The van der Waals surface area contributed by atoms with Gasteiger partial charge in [0.15, 0.2) is 0 Å². The minimum atomic E-state index is 1.05. The Morgan fingerprint density at radius 2 is 1.62 bits per heavy atom. The smallest absolute Gasteiger partial charge is 0.0133 e. The maximum absolute atomic E-state index is 3.79. The fourth-order valence-corrected chi connectivity index (χ4v) is 1.35. The zero-order chi connectivity index (χ0) is 12.6. The van der Waals surface area contributed by atoms with E-state index in [0.29, 0.717) is 0 Å². The Balaban J connectivity index is 4.15. The molecule has 0 aromatic rings. The molecule has 0 rings (SSSR count). The van der Waals surface area contributed by atoms with Gasteiger partial charge in [-0.1, -0.05) is 47.1 Å². The van der Waals surface area contributed by atoms with Crippen molar-refractivity contribution in [3.8, 4) is 0 Å². The summed E-state index contributed by atoms with van der Waals surface area (Å²) in [6.07, 6.45) is 9.95. The van der Waals surface area contributed by atoms with Crippen LogP contribution in [0.25, 0.3) is 0 Å². The second-order valence-electron chi connectivity index (χ2n) is 4.74. The molecule has 0 aliphatic carbocycles. The first-order valence-electron chi connectivity index (χ1n) is 6.05. The standard InChI is InChI=1S/C16H26/c1-7-15(5)16(6)12-11-14(4)10-8-9-13(2)3/h7,9,11H,1,8,10,12H2,2-6H3/b14-11+,16-15-. The van der Waals surface area contributed by atoms with Crippen LogP contribution in [0, 0.1) is 0 Å². The molecule has 0 saturated heterocycles. The molecule has 0 aromatic carbocycles. The maximum atomic E-state index is 3.79. The third-order valence-electron chi connectivity index (χ3n) is 2.83. The van der Waals surface area contributed by atoms with Gasteiger partial charge in [0.25, 0.3) is 0 Å². The lowest BCUT2D eigenvalue weighted by Gasteiger charge is -2.02. The van der Waals surface area contributed by atoms with Gasteiger partial charge in [-0.25, -0.2) is 0 Å². The van der Waals surface area contributed by atoms with Crippen LogP contribution in [0.5, 0.6) is 0 Å². The van der Waals surface area contributed by atoms with E-state index in [4.69, 9.17) is 0 Å². The second kappa shape index (κ2) is 8.15. The van der Waals surface area contributed by atoms with E-state index in [9.17, 15) is 0 Å². The van der Waals surface area contributed by atoms with Crippen LogP contribution in [0.1, 0.15) is 53.9 Å². The average Bonchev–Trinajstić information content (AvgIpc) is 2.24. The first kappa shape index (κ1) is 15.0. The molecule has 0 unspecified atom stereocenters. The van der Waals surface area contributed by atoms with Crippen LogP contribution in [0.15, 0.2) is 47.1 Å². The van der Waals surface area contributed by atoms with Crippen LogP contribution in [-0.2, 0) is 0 Å². The minimum absolute atomic E-state index is 1.05. The van der Waals surface area contributed by atoms with Crippen LogP contribution in [-0.4, -0.2) is 0 Å². The van der Waals surface area contributed by atoms with Crippen molar-refractivity contribution >= 4 is 0 Å². The largest absolute Gasteiger partial charge is 0.0988 e. The lowest BCUT2D eigenvalue weighted by atomic mass is 10.0. The van der Waals surface area contributed by atoms with Crippen LogP contribution in [0.3, 0.4) is 0 Å². The average molecular weight is 218 g/mol. The van der Waals surface area contributed by atoms with Crippen LogP contribution in [0.2, 0.25) is 0 Å². The van der Waals surface area contributed by atoms with Gasteiger partial charge >= 0.3 is 0 Å². The van der Waals surface area contributed by atoms with Crippen molar-refractivity contribution in [2.24, 2.45) is 0 Å². The lowest BCUT2D eigenvalue weighted by molar-refractivity contribution is 0.953. The quantitative estimate of drug-likeness (QED) is 0.402. The predicted octanol–water partition coefficient (Wildman–Crippen LogP) is 5.59. The Labute approximate surface area is 101 Å². The molecule has 0 atom stereocenters. The van der Waals surface area contributed by atoms with Gasteiger partial charge in [0.05, 0.1) is 0 Å². The molecule has 0 radical (unpaired) electrons. The molecular weight excluding hydrogens is 192 g/mol. The van der Waals surface area contributed by atoms with Gasteiger partial charge in [-0.15, -0.1) is 0 Å². The molecule has 0 aromatic heterocycles. The number of hydrogen-bond acceptors (Lipinski definition) is 0. The molecular formula is C16H26. The van der Waals surface area contributed by atoms with Crippen molar-refractivity contribution in [2.45, 2.75) is 53.9 Å². The molecule has 16 heavy (non-hydrogen) atoms. The van der Waals surface area contributed by atoms with Gasteiger partial charge in [0.2, 0.25) is 0 Å². The van der Waals surface area contributed by atoms with E-state index in [1.165, 1.54) is 28.7 Å². The van der Waals surface area contributed by atoms with Gasteiger partial charge in [0.1, 0.15) is 0 Å². The highest BCUT2D eigenvalue weighted by atomic mass is 14.0. The summed E-state index contributed by atoms with van der Waals surface area (Å²) in [5.74, 6) is 0. The molecule has 0 fully saturated rings. The molecule has 0 aliphatic heterocycles. The molecule has 0 heterocycles. The molecule has 0 amide bonds. The Morgan fingerprint density at radius 1 is 1.00 bits per heavy atom. The number of hydrogen-bond donors (Lipinski definition) is 0.